The fourth-order valence-electron chi connectivity index (χ4n) is 1.04. The molecule has 6 nitrogen and oxygen atoms in total. The van der Waals surface area contributed by atoms with Gasteiger partial charge in [0.15, 0.2) is 6.33 Å². The van der Waals surface area contributed by atoms with Crippen LogP contribution in [0.4, 0.5) is 5.82 Å². The topological polar surface area (TPSA) is 76.7 Å². The van der Waals surface area contributed by atoms with Gasteiger partial charge in [0.2, 0.25) is 5.89 Å². The van der Waals surface area contributed by atoms with Crippen LogP contribution in [-0.2, 0) is 6.42 Å². The van der Waals surface area contributed by atoms with Crippen molar-refractivity contribution in [3.05, 3.63) is 29.8 Å². The lowest BCUT2D eigenvalue weighted by Gasteiger charge is -2.03. The van der Waals surface area contributed by atoms with Crippen LogP contribution in [0.3, 0.4) is 0 Å². The molecule has 0 saturated heterocycles. The van der Waals surface area contributed by atoms with Gasteiger partial charge in [-0.1, -0.05) is 16.8 Å². The third-order valence-corrected chi connectivity index (χ3v) is 1.98. The van der Waals surface area contributed by atoms with Crippen molar-refractivity contribution in [3.8, 4) is 0 Å². The number of rotatable bonds is 4. The minimum absolute atomic E-state index is 0.489. The Labute approximate surface area is 90.7 Å². The molecule has 7 heteroatoms. The van der Waals surface area contributed by atoms with Gasteiger partial charge in [0.05, 0.1) is 6.20 Å². The maximum Gasteiger partial charge on any atom is 0.228 e. The normalized spacial score (nSPS) is 10.2. The van der Waals surface area contributed by atoms with E-state index in [0.717, 1.165) is 0 Å². The first-order valence-electron chi connectivity index (χ1n) is 4.31. The second kappa shape index (κ2) is 4.70. The summed E-state index contributed by atoms with van der Waals surface area (Å²) in [7, 11) is 0. The summed E-state index contributed by atoms with van der Waals surface area (Å²) in [5.41, 5.74) is 0. The number of hydrogen-bond donors (Lipinski definition) is 1. The highest BCUT2D eigenvalue weighted by molar-refractivity contribution is 6.32. The Morgan fingerprint density at radius 2 is 2.27 bits per heavy atom. The number of anilines is 1. The fourth-order valence-corrected chi connectivity index (χ4v) is 1.21. The first kappa shape index (κ1) is 9.85. The zero-order valence-corrected chi connectivity index (χ0v) is 8.48. The van der Waals surface area contributed by atoms with E-state index in [9.17, 15) is 0 Å². The maximum absolute atomic E-state index is 5.85. The molecule has 0 amide bonds. The van der Waals surface area contributed by atoms with E-state index in [0.29, 0.717) is 29.7 Å². The van der Waals surface area contributed by atoms with Gasteiger partial charge >= 0.3 is 0 Å². The molecule has 0 aromatic carbocycles. The van der Waals surface area contributed by atoms with E-state index in [1.165, 1.54) is 18.9 Å². The Balaban J connectivity index is 1.86. The first-order valence-corrected chi connectivity index (χ1v) is 4.69. The van der Waals surface area contributed by atoms with Crippen molar-refractivity contribution in [1.29, 1.82) is 0 Å². The predicted molar refractivity (Wildman–Crippen MR) is 53.5 cm³/mol. The maximum atomic E-state index is 5.85. The number of aromatic nitrogens is 4. The van der Waals surface area contributed by atoms with E-state index in [1.807, 2.05) is 0 Å². The largest absolute Gasteiger partial charge is 0.368 e. The molecule has 0 unspecified atom stereocenters. The Morgan fingerprint density at radius 3 is 3.00 bits per heavy atom. The zero-order valence-electron chi connectivity index (χ0n) is 7.72. The van der Waals surface area contributed by atoms with E-state index >= 15 is 0 Å². The molecule has 0 aliphatic rings. The van der Waals surface area contributed by atoms with Crippen LogP contribution in [0.15, 0.2) is 23.4 Å². The lowest BCUT2D eigenvalue weighted by atomic mass is 10.4. The standard InChI is InChI=1S/C8H8ClN5O/c9-6-3-10-4-13-8(6)11-2-1-7-12-5-14-15-7/h3-5H,1-2H2,(H,10,11,13). The molecule has 2 aromatic rings. The summed E-state index contributed by atoms with van der Waals surface area (Å²) >= 11 is 5.85. The van der Waals surface area contributed by atoms with E-state index in [4.69, 9.17) is 16.1 Å². The van der Waals surface area contributed by atoms with E-state index in [1.54, 1.807) is 0 Å². The fraction of sp³-hybridized carbons (Fsp3) is 0.250. The van der Waals surface area contributed by atoms with E-state index in [2.05, 4.69) is 25.4 Å². The molecule has 2 heterocycles. The second-order valence-corrected chi connectivity index (χ2v) is 3.14. The van der Waals surface area contributed by atoms with Crippen molar-refractivity contribution in [2.75, 3.05) is 11.9 Å². The minimum Gasteiger partial charge on any atom is -0.368 e. The molecule has 0 aliphatic carbocycles. The molecule has 78 valence electrons. The molecular weight excluding hydrogens is 218 g/mol. The van der Waals surface area contributed by atoms with Crippen LogP contribution in [0.2, 0.25) is 5.02 Å². The Hall–Kier alpha value is -1.69. The highest BCUT2D eigenvalue weighted by Crippen LogP contribution is 2.15. The van der Waals surface area contributed by atoms with Crippen molar-refractivity contribution >= 4 is 17.4 Å². The Bertz CT molecular complexity index is 419. The van der Waals surface area contributed by atoms with Crippen molar-refractivity contribution < 1.29 is 4.52 Å². The van der Waals surface area contributed by atoms with Crippen LogP contribution in [0, 0.1) is 0 Å². The Morgan fingerprint density at radius 1 is 1.33 bits per heavy atom. The van der Waals surface area contributed by atoms with Crippen molar-refractivity contribution in [2.24, 2.45) is 0 Å². The van der Waals surface area contributed by atoms with Crippen LogP contribution >= 0.6 is 11.6 Å². The van der Waals surface area contributed by atoms with Crippen LogP contribution in [0.25, 0.3) is 0 Å². The van der Waals surface area contributed by atoms with Gasteiger partial charge in [-0.25, -0.2) is 9.97 Å². The third kappa shape index (κ3) is 2.63. The summed E-state index contributed by atoms with van der Waals surface area (Å²) in [4.78, 5) is 11.6. The summed E-state index contributed by atoms with van der Waals surface area (Å²) in [6, 6.07) is 0. The lowest BCUT2D eigenvalue weighted by Crippen LogP contribution is -2.07. The summed E-state index contributed by atoms with van der Waals surface area (Å²) in [6.07, 6.45) is 4.96. The second-order valence-electron chi connectivity index (χ2n) is 2.73. The number of halogens is 1. The van der Waals surface area contributed by atoms with E-state index in [-0.39, 0.29) is 0 Å². The number of nitrogens with zero attached hydrogens (tertiary/aromatic N) is 4. The van der Waals surface area contributed by atoms with Crippen LogP contribution in [0.1, 0.15) is 5.89 Å². The average molecular weight is 226 g/mol. The molecule has 2 aromatic heterocycles. The van der Waals surface area contributed by atoms with Crippen molar-refractivity contribution in [3.63, 3.8) is 0 Å². The average Bonchev–Trinajstić information content (AvgIpc) is 2.74. The molecule has 0 fully saturated rings. The molecular formula is C8H8ClN5O. The first-order chi connectivity index (χ1) is 7.36. The highest BCUT2D eigenvalue weighted by atomic mass is 35.5. The van der Waals surface area contributed by atoms with Gasteiger partial charge in [0, 0.05) is 13.0 Å². The molecule has 0 saturated carbocycles. The lowest BCUT2D eigenvalue weighted by molar-refractivity contribution is 0.379. The summed E-state index contributed by atoms with van der Waals surface area (Å²) in [6.45, 7) is 0.624. The third-order valence-electron chi connectivity index (χ3n) is 1.71. The molecule has 15 heavy (non-hydrogen) atoms. The van der Waals surface area contributed by atoms with Gasteiger partial charge < -0.3 is 9.84 Å². The minimum atomic E-state index is 0.489. The molecule has 0 bridgehead atoms. The predicted octanol–water partition coefficient (Wildman–Crippen LogP) is 1.17. The summed E-state index contributed by atoms with van der Waals surface area (Å²) in [5.74, 6) is 1.18. The van der Waals surface area contributed by atoms with Crippen LogP contribution in [-0.4, -0.2) is 26.7 Å². The molecule has 2 rings (SSSR count). The van der Waals surface area contributed by atoms with Gasteiger partial charge in [-0.2, -0.15) is 4.98 Å². The van der Waals surface area contributed by atoms with Gasteiger partial charge in [0.25, 0.3) is 0 Å². The monoisotopic (exact) mass is 225 g/mol. The number of nitrogens with one attached hydrogen (secondary N) is 1. The molecule has 0 aliphatic heterocycles. The van der Waals surface area contributed by atoms with Gasteiger partial charge in [0.1, 0.15) is 17.2 Å². The summed E-state index contributed by atoms with van der Waals surface area (Å²) in [5, 5.41) is 7.03. The SMILES string of the molecule is Clc1cncnc1NCCc1ncno1. The molecule has 0 radical (unpaired) electrons. The van der Waals surface area contributed by atoms with Gasteiger partial charge in [-0.15, -0.1) is 0 Å². The van der Waals surface area contributed by atoms with Gasteiger partial charge in [-0.05, 0) is 0 Å². The molecule has 0 atom stereocenters. The quantitative estimate of drug-likeness (QED) is 0.842. The van der Waals surface area contributed by atoms with Crippen molar-refractivity contribution in [2.45, 2.75) is 6.42 Å². The highest BCUT2D eigenvalue weighted by Gasteiger charge is 2.02. The van der Waals surface area contributed by atoms with Crippen LogP contribution in [0.5, 0.6) is 0 Å². The zero-order chi connectivity index (χ0) is 10.5. The van der Waals surface area contributed by atoms with Crippen LogP contribution < -0.4 is 5.32 Å². The van der Waals surface area contributed by atoms with E-state index < -0.39 is 0 Å². The summed E-state index contributed by atoms with van der Waals surface area (Å²) < 4.78 is 4.83. The smallest absolute Gasteiger partial charge is 0.228 e. The van der Waals surface area contributed by atoms with Crippen molar-refractivity contribution in [1.82, 2.24) is 20.1 Å². The van der Waals surface area contributed by atoms with Gasteiger partial charge in [-0.3, -0.25) is 0 Å². The molecule has 0 spiro atoms. The Kier molecular flexibility index (Phi) is 3.08. The molecule has 1 N–H and O–H groups in total. The number of hydrogen-bond acceptors (Lipinski definition) is 6.